The highest BCUT2D eigenvalue weighted by Crippen LogP contribution is 2.30. The molecule has 98 valence electrons. The molecule has 2 rings (SSSR count). The molecule has 0 aromatic heterocycles. The molecule has 2 N–H and O–H groups in total. The van der Waals surface area contributed by atoms with Crippen molar-refractivity contribution in [3.63, 3.8) is 0 Å². The van der Waals surface area contributed by atoms with E-state index < -0.39 is 0 Å². The van der Waals surface area contributed by atoms with Crippen molar-refractivity contribution in [2.24, 2.45) is 11.7 Å². The second kappa shape index (κ2) is 4.94. The molecule has 0 aromatic carbocycles. The number of likely N-dealkylation sites (tertiary alicyclic amines) is 2. The summed E-state index contributed by atoms with van der Waals surface area (Å²) in [5, 5.41) is 0. The fraction of sp³-hybridized carbons (Fsp3) is 0.923. The summed E-state index contributed by atoms with van der Waals surface area (Å²) in [6.45, 7) is 5.81. The minimum Gasteiger partial charge on any atom is -0.336 e. The Labute approximate surface area is 104 Å². The van der Waals surface area contributed by atoms with Gasteiger partial charge in [0.25, 0.3) is 0 Å². The van der Waals surface area contributed by atoms with Crippen LogP contribution >= 0.6 is 0 Å². The highest BCUT2D eigenvalue weighted by atomic mass is 16.2. The first-order chi connectivity index (χ1) is 8.05. The van der Waals surface area contributed by atoms with Crippen molar-refractivity contribution in [3.05, 3.63) is 0 Å². The van der Waals surface area contributed by atoms with Gasteiger partial charge in [-0.05, 0) is 45.7 Å². The summed E-state index contributed by atoms with van der Waals surface area (Å²) < 4.78 is 0. The van der Waals surface area contributed by atoms with Crippen LogP contribution in [-0.4, -0.2) is 54.5 Å². The third-order valence-electron chi connectivity index (χ3n) is 4.44. The van der Waals surface area contributed by atoms with Crippen LogP contribution in [0.15, 0.2) is 0 Å². The van der Waals surface area contributed by atoms with Crippen molar-refractivity contribution in [1.82, 2.24) is 9.80 Å². The number of amides is 1. The first-order valence-electron chi connectivity index (χ1n) is 6.74. The van der Waals surface area contributed by atoms with Crippen molar-refractivity contribution in [2.45, 2.75) is 38.1 Å². The Hall–Kier alpha value is -0.610. The zero-order valence-electron chi connectivity index (χ0n) is 11.1. The van der Waals surface area contributed by atoms with Crippen molar-refractivity contribution >= 4 is 5.91 Å². The van der Waals surface area contributed by atoms with Crippen molar-refractivity contribution in [2.75, 3.05) is 33.2 Å². The van der Waals surface area contributed by atoms with E-state index in [4.69, 9.17) is 5.73 Å². The molecule has 0 bridgehead atoms. The van der Waals surface area contributed by atoms with Gasteiger partial charge >= 0.3 is 0 Å². The largest absolute Gasteiger partial charge is 0.336 e. The normalized spacial score (nSPS) is 34.5. The molecule has 2 aliphatic heterocycles. The summed E-state index contributed by atoms with van der Waals surface area (Å²) in [4.78, 5) is 16.7. The van der Waals surface area contributed by atoms with Crippen molar-refractivity contribution < 1.29 is 4.79 Å². The van der Waals surface area contributed by atoms with E-state index >= 15 is 0 Å². The fourth-order valence-electron chi connectivity index (χ4n) is 3.21. The zero-order chi connectivity index (χ0) is 12.5. The van der Waals surface area contributed by atoms with Crippen LogP contribution in [-0.2, 0) is 4.79 Å². The minimum atomic E-state index is -0.0818. The van der Waals surface area contributed by atoms with Gasteiger partial charge in [-0.25, -0.2) is 0 Å². The number of nitrogens with two attached hydrogens (primary N) is 1. The average molecular weight is 239 g/mol. The maximum absolute atomic E-state index is 12.3. The quantitative estimate of drug-likeness (QED) is 0.787. The van der Waals surface area contributed by atoms with E-state index in [0.717, 1.165) is 38.9 Å². The average Bonchev–Trinajstić information content (AvgIpc) is 2.86. The Kier molecular flexibility index (Phi) is 3.73. The van der Waals surface area contributed by atoms with E-state index in [2.05, 4.69) is 18.9 Å². The maximum Gasteiger partial charge on any atom is 0.223 e. The van der Waals surface area contributed by atoms with Crippen LogP contribution < -0.4 is 5.73 Å². The maximum atomic E-state index is 12.3. The second-order valence-corrected chi connectivity index (χ2v) is 5.97. The number of hydrogen-bond acceptors (Lipinski definition) is 3. The SMILES string of the molecule is CN1CCC(CC(=O)N2CCCC2(C)CN)C1. The van der Waals surface area contributed by atoms with Crippen molar-refractivity contribution in [3.8, 4) is 0 Å². The number of carbonyl (C=O) groups excluding carboxylic acids is 1. The van der Waals surface area contributed by atoms with Crippen LogP contribution in [0.5, 0.6) is 0 Å². The van der Waals surface area contributed by atoms with Gasteiger partial charge in [0, 0.05) is 26.1 Å². The van der Waals surface area contributed by atoms with E-state index in [9.17, 15) is 4.79 Å². The smallest absolute Gasteiger partial charge is 0.223 e. The molecule has 2 unspecified atom stereocenters. The Morgan fingerprint density at radius 1 is 1.47 bits per heavy atom. The molecule has 0 aromatic rings. The molecule has 2 fully saturated rings. The molecule has 1 amide bonds. The summed E-state index contributed by atoms with van der Waals surface area (Å²) in [5.41, 5.74) is 5.74. The van der Waals surface area contributed by atoms with Gasteiger partial charge in [-0.2, -0.15) is 0 Å². The van der Waals surface area contributed by atoms with Gasteiger partial charge in [-0.1, -0.05) is 0 Å². The predicted molar refractivity (Wildman–Crippen MR) is 68.6 cm³/mol. The van der Waals surface area contributed by atoms with Gasteiger partial charge < -0.3 is 15.5 Å². The Balaban J connectivity index is 1.91. The van der Waals surface area contributed by atoms with Crippen LogP contribution in [0.4, 0.5) is 0 Å². The summed E-state index contributed by atoms with van der Waals surface area (Å²) in [5.74, 6) is 0.867. The van der Waals surface area contributed by atoms with Crippen LogP contribution in [0, 0.1) is 5.92 Å². The minimum absolute atomic E-state index is 0.0818. The van der Waals surface area contributed by atoms with E-state index in [1.807, 2.05) is 4.90 Å². The lowest BCUT2D eigenvalue weighted by Gasteiger charge is -2.34. The molecule has 2 saturated heterocycles. The van der Waals surface area contributed by atoms with E-state index in [1.54, 1.807) is 0 Å². The molecule has 2 atom stereocenters. The van der Waals surface area contributed by atoms with E-state index in [0.29, 0.717) is 24.8 Å². The molecule has 4 heteroatoms. The molecule has 0 spiro atoms. The van der Waals surface area contributed by atoms with Crippen LogP contribution in [0.25, 0.3) is 0 Å². The molecular formula is C13H25N3O. The lowest BCUT2D eigenvalue weighted by molar-refractivity contribution is -0.135. The molecule has 0 aliphatic carbocycles. The standard InChI is InChI=1S/C13H25N3O/c1-13(10-14)5-3-6-16(13)12(17)8-11-4-7-15(2)9-11/h11H,3-10,14H2,1-2H3. The number of hydrogen-bond donors (Lipinski definition) is 1. The summed E-state index contributed by atoms with van der Waals surface area (Å²) in [6.07, 6.45) is 4.03. The predicted octanol–water partition coefficient (Wildman–Crippen LogP) is 0.668. The lowest BCUT2D eigenvalue weighted by Crippen LogP contribution is -2.50. The van der Waals surface area contributed by atoms with Gasteiger partial charge in [0.15, 0.2) is 0 Å². The van der Waals surface area contributed by atoms with Gasteiger partial charge in [0.2, 0.25) is 5.91 Å². The molecule has 0 radical (unpaired) electrons. The topological polar surface area (TPSA) is 49.6 Å². The number of carbonyl (C=O) groups is 1. The monoisotopic (exact) mass is 239 g/mol. The molecule has 2 heterocycles. The van der Waals surface area contributed by atoms with E-state index in [-0.39, 0.29) is 5.54 Å². The van der Waals surface area contributed by atoms with Gasteiger partial charge in [0.05, 0.1) is 5.54 Å². The Morgan fingerprint density at radius 2 is 2.24 bits per heavy atom. The van der Waals surface area contributed by atoms with Crippen molar-refractivity contribution in [1.29, 1.82) is 0 Å². The highest BCUT2D eigenvalue weighted by Gasteiger charge is 2.39. The van der Waals surface area contributed by atoms with Crippen LogP contribution in [0.1, 0.15) is 32.6 Å². The summed E-state index contributed by atoms with van der Waals surface area (Å²) in [7, 11) is 2.13. The van der Waals surface area contributed by atoms with Crippen LogP contribution in [0.2, 0.25) is 0 Å². The lowest BCUT2D eigenvalue weighted by atomic mass is 9.97. The third-order valence-corrected chi connectivity index (χ3v) is 4.44. The highest BCUT2D eigenvalue weighted by molar-refractivity contribution is 5.77. The molecular weight excluding hydrogens is 214 g/mol. The third kappa shape index (κ3) is 2.63. The zero-order valence-corrected chi connectivity index (χ0v) is 11.1. The number of nitrogens with zero attached hydrogens (tertiary/aromatic N) is 2. The Morgan fingerprint density at radius 3 is 2.82 bits per heavy atom. The first kappa shape index (κ1) is 12.8. The van der Waals surface area contributed by atoms with Crippen LogP contribution in [0.3, 0.4) is 0 Å². The number of rotatable bonds is 3. The molecule has 0 saturated carbocycles. The summed E-state index contributed by atoms with van der Waals surface area (Å²) in [6, 6.07) is 0. The van der Waals surface area contributed by atoms with E-state index in [1.165, 1.54) is 0 Å². The fourth-order valence-corrected chi connectivity index (χ4v) is 3.21. The van der Waals surface area contributed by atoms with Gasteiger partial charge in [0.1, 0.15) is 0 Å². The van der Waals surface area contributed by atoms with Gasteiger partial charge in [-0.3, -0.25) is 4.79 Å². The summed E-state index contributed by atoms with van der Waals surface area (Å²) >= 11 is 0. The van der Waals surface area contributed by atoms with Gasteiger partial charge in [-0.15, -0.1) is 0 Å². The molecule has 17 heavy (non-hydrogen) atoms. The second-order valence-electron chi connectivity index (χ2n) is 5.97. The Bertz CT molecular complexity index is 294. The molecule has 4 nitrogen and oxygen atoms in total. The first-order valence-corrected chi connectivity index (χ1v) is 6.74. The molecule has 2 aliphatic rings.